The fourth-order valence-corrected chi connectivity index (χ4v) is 5.94. The molecule has 1 saturated carbocycles. The molecule has 1 aromatic carbocycles. The van der Waals surface area contributed by atoms with Gasteiger partial charge in [0.25, 0.3) is 11.7 Å². The number of nitrogens with zero attached hydrogens (tertiary/aromatic N) is 1. The van der Waals surface area contributed by atoms with Crippen molar-refractivity contribution in [1.29, 1.82) is 0 Å². The minimum absolute atomic E-state index is 0.0927. The molecule has 3 fully saturated rings. The molecule has 1 aliphatic carbocycles. The van der Waals surface area contributed by atoms with Crippen LogP contribution in [0.3, 0.4) is 0 Å². The summed E-state index contributed by atoms with van der Waals surface area (Å²) >= 11 is 0. The van der Waals surface area contributed by atoms with Crippen LogP contribution < -0.4 is 9.47 Å². The zero-order valence-electron chi connectivity index (χ0n) is 15.3. The normalized spacial score (nSPS) is 37.7. The molecule has 4 atom stereocenters. The van der Waals surface area contributed by atoms with E-state index in [-0.39, 0.29) is 24.9 Å². The maximum atomic E-state index is 13.1. The molecule has 0 N–H and O–H groups in total. The van der Waals surface area contributed by atoms with Crippen LogP contribution in [0.5, 0.6) is 11.5 Å². The van der Waals surface area contributed by atoms with Gasteiger partial charge in [0.1, 0.15) is 0 Å². The zero-order chi connectivity index (χ0) is 18.6. The van der Waals surface area contributed by atoms with Crippen molar-refractivity contribution < 1.29 is 28.5 Å². The smallest absolute Gasteiger partial charge is 0.295 e. The summed E-state index contributed by atoms with van der Waals surface area (Å²) in [6.07, 6.45) is 2.14. The molecule has 7 nitrogen and oxygen atoms in total. The van der Waals surface area contributed by atoms with Gasteiger partial charge in [0.2, 0.25) is 6.79 Å². The van der Waals surface area contributed by atoms with E-state index in [1.54, 1.807) is 11.0 Å². The van der Waals surface area contributed by atoms with E-state index in [1.807, 2.05) is 19.9 Å². The molecule has 142 valence electrons. The average molecular weight is 371 g/mol. The number of amides is 1. The lowest BCUT2D eigenvalue weighted by Gasteiger charge is -2.40. The number of carbonyl (C=O) groups is 2. The molecule has 0 radical (unpaired) electrons. The Kier molecular flexibility index (Phi) is 2.84. The highest BCUT2D eigenvalue weighted by molar-refractivity contribution is 6.43. The third kappa shape index (κ3) is 1.88. The number of hydrogen-bond donors (Lipinski definition) is 0. The summed E-state index contributed by atoms with van der Waals surface area (Å²) in [6.45, 7) is 4.56. The van der Waals surface area contributed by atoms with Gasteiger partial charge in [-0.05, 0) is 44.4 Å². The van der Waals surface area contributed by atoms with Crippen LogP contribution in [0.25, 0.3) is 0 Å². The summed E-state index contributed by atoms with van der Waals surface area (Å²) in [7, 11) is 0. The topological polar surface area (TPSA) is 74.3 Å². The maximum absolute atomic E-state index is 13.1. The Bertz CT molecular complexity index is 895. The number of ketones is 1. The number of benzene rings is 1. The predicted molar refractivity (Wildman–Crippen MR) is 91.8 cm³/mol. The minimum atomic E-state index is -0.669. The molecule has 1 amide bonds. The monoisotopic (exact) mass is 371 g/mol. The van der Waals surface area contributed by atoms with E-state index in [2.05, 4.69) is 0 Å². The molecule has 0 unspecified atom stereocenters. The molecule has 0 bridgehead atoms. The van der Waals surface area contributed by atoms with E-state index in [9.17, 15) is 9.59 Å². The number of hydrogen-bond acceptors (Lipinski definition) is 6. The molecule has 1 spiro atoms. The molecule has 4 heterocycles. The van der Waals surface area contributed by atoms with E-state index >= 15 is 0 Å². The van der Waals surface area contributed by atoms with Gasteiger partial charge in [0.05, 0.1) is 17.7 Å². The molecule has 2 saturated heterocycles. The molecule has 0 aromatic heterocycles. The Hall–Kier alpha value is -2.12. The van der Waals surface area contributed by atoms with Crippen LogP contribution in [0, 0.1) is 0 Å². The van der Waals surface area contributed by atoms with Gasteiger partial charge in [-0.15, -0.1) is 0 Å². The molecule has 7 heteroatoms. The number of carbonyl (C=O) groups excluding carboxylic acids is 2. The van der Waals surface area contributed by atoms with Gasteiger partial charge in [-0.1, -0.05) is 0 Å². The van der Waals surface area contributed by atoms with Crippen LogP contribution in [0.1, 0.15) is 54.9 Å². The molecule has 6 rings (SSSR count). The second-order valence-electron chi connectivity index (χ2n) is 8.61. The number of Topliss-reactive ketones (excluding diaryl/α,β-unsaturated/α-hetero) is 1. The standard InChI is InChI=1S/C20H21NO6/c1-19(2)26-14-8-20-4-3-5-21(20)18(23)16(22)11-7-13-12(24-9-25-13)6-10(11)15(20)17(14)27-19/h6-7,14-15,17H,3-5,8-9H2,1-2H3/t14-,15+,17-,20-/m0/s1. The number of rotatable bonds is 0. The summed E-state index contributed by atoms with van der Waals surface area (Å²) in [5, 5.41) is 0. The lowest BCUT2D eigenvalue weighted by molar-refractivity contribution is -0.163. The van der Waals surface area contributed by atoms with Gasteiger partial charge in [-0.3, -0.25) is 9.59 Å². The first-order valence-corrected chi connectivity index (χ1v) is 9.55. The molecule has 27 heavy (non-hydrogen) atoms. The van der Waals surface area contributed by atoms with Crippen LogP contribution >= 0.6 is 0 Å². The summed E-state index contributed by atoms with van der Waals surface area (Å²) in [6, 6.07) is 3.55. The highest BCUT2D eigenvalue weighted by Crippen LogP contribution is 2.59. The predicted octanol–water partition coefficient (Wildman–Crippen LogP) is 1.98. The Morgan fingerprint density at radius 1 is 1.11 bits per heavy atom. The summed E-state index contributed by atoms with van der Waals surface area (Å²) in [4.78, 5) is 28.0. The highest BCUT2D eigenvalue weighted by atomic mass is 16.8. The first-order chi connectivity index (χ1) is 12.9. The molecule has 1 aromatic rings. The summed E-state index contributed by atoms with van der Waals surface area (Å²) in [5.41, 5.74) is 0.810. The van der Waals surface area contributed by atoms with Crippen molar-refractivity contribution in [3.63, 3.8) is 0 Å². The van der Waals surface area contributed by atoms with Crippen molar-refractivity contribution in [1.82, 2.24) is 4.90 Å². The van der Waals surface area contributed by atoms with Gasteiger partial charge in [-0.25, -0.2) is 0 Å². The van der Waals surface area contributed by atoms with E-state index < -0.39 is 23.0 Å². The van der Waals surface area contributed by atoms with Gasteiger partial charge in [0.15, 0.2) is 17.3 Å². The SMILES string of the molecule is CC1(C)O[C@H]2[C@H](C[C@]34CCCN3C(=O)C(=O)c3cc5c(cc3[C@H]24)OCO5)O1. The Balaban J connectivity index is 1.60. The third-order valence-corrected chi connectivity index (χ3v) is 6.78. The molecule has 4 aliphatic heterocycles. The quantitative estimate of drug-likeness (QED) is 0.650. The fourth-order valence-electron chi connectivity index (χ4n) is 5.94. The second kappa shape index (κ2) is 4.83. The van der Waals surface area contributed by atoms with Crippen LogP contribution in [0.15, 0.2) is 12.1 Å². The van der Waals surface area contributed by atoms with Gasteiger partial charge >= 0.3 is 0 Å². The highest BCUT2D eigenvalue weighted by Gasteiger charge is 2.66. The van der Waals surface area contributed by atoms with E-state index in [0.717, 1.165) is 18.4 Å². The van der Waals surface area contributed by atoms with Crippen LogP contribution in [0.4, 0.5) is 0 Å². The minimum Gasteiger partial charge on any atom is -0.454 e. The first-order valence-electron chi connectivity index (χ1n) is 9.55. The Morgan fingerprint density at radius 3 is 2.70 bits per heavy atom. The van der Waals surface area contributed by atoms with Crippen molar-refractivity contribution in [2.45, 2.75) is 62.6 Å². The summed E-state index contributed by atoms with van der Waals surface area (Å²) in [5.74, 6) is -0.534. The van der Waals surface area contributed by atoms with Crippen molar-refractivity contribution in [2.75, 3.05) is 13.3 Å². The third-order valence-electron chi connectivity index (χ3n) is 6.78. The van der Waals surface area contributed by atoms with Crippen molar-refractivity contribution >= 4 is 11.7 Å². The lowest BCUT2D eigenvalue weighted by atomic mass is 9.78. The molecular weight excluding hydrogens is 350 g/mol. The Labute approximate surface area is 156 Å². The first kappa shape index (κ1) is 15.9. The lowest BCUT2D eigenvalue weighted by Crippen LogP contribution is -2.51. The van der Waals surface area contributed by atoms with Crippen LogP contribution in [-0.2, 0) is 14.3 Å². The zero-order valence-corrected chi connectivity index (χ0v) is 15.3. The second-order valence-corrected chi connectivity index (χ2v) is 8.61. The van der Waals surface area contributed by atoms with Gasteiger partial charge in [0, 0.05) is 24.4 Å². The van der Waals surface area contributed by atoms with E-state index in [0.29, 0.717) is 30.0 Å². The van der Waals surface area contributed by atoms with E-state index in [1.165, 1.54) is 0 Å². The van der Waals surface area contributed by atoms with Crippen LogP contribution in [0.2, 0.25) is 0 Å². The van der Waals surface area contributed by atoms with Gasteiger partial charge in [-0.2, -0.15) is 0 Å². The summed E-state index contributed by atoms with van der Waals surface area (Å²) < 4.78 is 23.5. The average Bonchev–Trinajstić information content (AvgIpc) is 3.34. The Morgan fingerprint density at radius 2 is 1.89 bits per heavy atom. The maximum Gasteiger partial charge on any atom is 0.295 e. The number of ether oxygens (including phenoxy) is 4. The number of fused-ring (bicyclic) bond motifs is 5. The molecular formula is C20H21NO6. The van der Waals surface area contributed by atoms with Crippen molar-refractivity contribution in [3.8, 4) is 11.5 Å². The van der Waals surface area contributed by atoms with Crippen LogP contribution in [-0.4, -0.2) is 53.5 Å². The largest absolute Gasteiger partial charge is 0.454 e. The molecule has 5 aliphatic rings. The van der Waals surface area contributed by atoms with Gasteiger partial charge < -0.3 is 23.8 Å². The van der Waals surface area contributed by atoms with E-state index in [4.69, 9.17) is 18.9 Å². The van der Waals surface area contributed by atoms with Crippen molar-refractivity contribution in [3.05, 3.63) is 23.3 Å². The van der Waals surface area contributed by atoms with Crippen molar-refractivity contribution in [2.24, 2.45) is 0 Å². The fraction of sp³-hybridized carbons (Fsp3) is 0.600.